The van der Waals surface area contributed by atoms with Crippen molar-refractivity contribution in [1.82, 2.24) is 10.3 Å². The van der Waals surface area contributed by atoms with Crippen LogP contribution in [0.15, 0.2) is 41.9 Å². The maximum absolute atomic E-state index is 14.3. The Morgan fingerprint density at radius 3 is 2.55 bits per heavy atom. The summed E-state index contributed by atoms with van der Waals surface area (Å²) in [7, 11) is 4.52. The van der Waals surface area contributed by atoms with Gasteiger partial charge in [-0.05, 0) is 55.4 Å². The molecule has 0 aliphatic heterocycles. The molecule has 1 aromatic heterocycles. The summed E-state index contributed by atoms with van der Waals surface area (Å²) in [6.45, 7) is 0.699. The van der Waals surface area contributed by atoms with Crippen LogP contribution in [-0.2, 0) is 22.4 Å². The first-order valence-corrected chi connectivity index (χ1v) is 10.9. The number of esters is 1. The van der Waals surface area contributed by atoms with Crippen LogP contribution in [0.3, 0.4) is 0 Å². The number of nitrogens with one attached hydrogen (secondary N) is 2. The molecular weight excluding hydrogens is 449 g/mol. The zero-order chi connectivity index (χ0) is 23.8. The van der Waals surface area contributed by atoms with Crippen LogP contribution in [0.2, 0.25) is 0 Å². The lowest BCUT2D eigenvalue weighted by Gasteiger charge is -2.16. The van der Waals surface area contributed by atoms with Gasteiger partial charge in [0.25, 0.3) is 0 Å². The van der Waals surface area contributed by atoms with E-state index in [0.717, 1.165) is 17.2 Å². The molecule has 0 aliphatic carbocycles. The molecule has 0 unspecified atom stereocenters. The predicted octanol–water partition coefficient (Wildman–Crippen LogP) is 3.81. The maximum Gasteiger partial charge on any atom is 0.340 e. The molecule has 2 aromatic carbocycles. The van der Waals surface area contributed by atoms with E-state index >= 15 is 0 Å². The van der Waals surface area contributed by atoms with Crippen LogP contribution in [0.4, 0.5) is 9.52 Å². The van der Waals surface area contributed by atoms with E-state index in [9.17, 15) is 14.0 Å². The maximum atomic E-state index is 14.3. The minimum absolute atomic E-state index is 0.0919. The SMILES string of the molecule is CNCCc1cc(OC)c(Oc2ccc(C(=O)OC)c(F)c2)cc1CC(=O)Nc1nccs1. The summed E-state index contributed by atoms with van der Waals surface area (Å²) >= 11 is 1.33. The molecule has 33 heavy (non-hydrogen) atoms. The van der Waals surface area contributed by atoms with Gasteiger partial charge in [0, 0.05) is 17.6 Å². The van der Waals surface area contributed by atoms with Crippen LogP contribution in [0.1, 0.15) is 21.5 Å². The first-order chi connectivity index (χ1) is 15.9. The van der Waals surface area contributed by atoms with E-state index in [0.29, 0.717) is 29.6 Å². The van der Waals surface area contributed by atoms with E-state index in [1.807, 2.05) is 7.05 Å². The molecule has 0 radical (unpaired) electrons. The molecule has 0 spiro atoms. The number of methoxy groups -OCH3 is 2. The molecule has 0 saturated carbocycles. The van der Waals surface area contributed by atoms with E-state index in [1.54, 1.807) is 23.7 Å². The van der Waals surface area contributed by atoms with Gasteiger partial charge >= 0.3 is 5.97 Å². The lowest BCUT2D eigenvalue weighted by Crippen LogP contribution is -2.17. The number of thiazole rings is 1. The quantitative estimate of drug-likeness (QED) is 0.432. The van der Waals surface area contributed by atoms with Gasteiger partial charge < -0.3 is 24.8 Å². The van der Waals surface area contributed by atoms with Gasteiger partial charge in [0.15, 0.2) is 16.6 Å². The molecule has 174 valence electrons. The highest BCUT2D eigenvalue weighted by molar-refractivity contribution is 7.13. The molecule has 0 atom stereocenters. The first kappa shape index (κ1) is 24.1. The average Bonchev–Trinajstić information content (AvgIpc) is 3.31. The number of likely N-dealkylation sites (N-methyl/N-ethyl adjacent to an activating group) is 1. The second kappa shape index (κ2) is 11.4. The van der Waals surface area contributed by atoms with E-state index in [-0.39, 0.29) is 23.6 Å². The van der Waals surface area contributed by atoms with Crippen LogP contribution >= 0.6 is 11.3 Å². The van der Waals surface area contributed by atoms with Crippen molar-refractivity contribution in [2.24, 2.45) is 0 Å². The average molecular weight is 474 g/mol. The number of rotatable bonds is 10. The molecular formula is C23H24FN3O5S. The monoisotopic (exact) mass is 473 g/mol. The Labute approximate surface area is 194 Å². The number of carbonyl (C=O) groups is 2. The molecule has 0 saturated heterocycles. The molecule has 0 aliphatic rings. The van der Waals surface area contributed by atoms with Gasteiger partial charge in [0.2, 0.25) is 5.91 Å². The van der Waals surface area contributed by atoms with Crippen LogP contribution in [0.25, 0.3) is 0 Å². The van der Waals surface area contributed by atoms with Gasteiger partial charge in [-0.3, -0.25) is 4.79 Å². The van der Waals surface area contributed by atoms with E-state index in [2.05, 4.69) is 20.4 Å². The van der Waals surface area contributed by atoms with Gasteiger partial charge in [-0.15, -0.1) is 11.3 Å². The molecule has 0 bridgehead atoms. The van der Waals surface area contributed by atoms with Crippen molar-refractivity contribution in [3.63, 3.8) is 0 Å². The molecule has 1 heterocycles. The lowest BCUT2D eigenvalue weighted by molar-refractivity contribution is -0.115. The Morgan fingerprint density at radius 1 is 1.12 bits per heavy atom. The second-order valence-electron chi connectivity index (χ2n) is 6.92. The highest BCUT2D eigenvalue weighted by Gasteiger charge is 2.18. The van der Waals surface area contributed by atoms with Crippen molar-refractivity contribution < 1.29 is 28.2 Å². The number of aromatic nitrogens is 1. The zero-order valence-electron chi connectivity index (χ0n) is 18.4. The standard InChI is InChI=1S/C23H24FN3O5S/c1-25-7-6-14-10-19(30-2)20(11-15(14)12-21(28)27-23-26-8-9-33-23)32-16-4-5-17(18(24)13-16)22(29)31-3/h4-5,8-11,13,25H,6-7,12H2,1-3H3,(H,26,27,28). The number of benzene rings is 2. The van der Waals surface area contributed by atoms with Crippen molar-refractivity contribution >= 4 is 28.3 Å². The van der Waals surface area contributed by atoms with Crippen LogP contribution in [0.5, 0.6) is 17.2 Å². The summed E-state index contributed by atoms with van der Waals surface area (Å²) in [4.78, 5) is 28.3. The zero-order valence-corrected chi connectivity index (χ0v) is 19.3. The van der Waals surface area contributed by atoms with E-state index in [1.165, 1.54) is 37.7 Å². The van der Waals surface area contributed by atoms with Crippen molar-refractivity contribution in [2.45, 2.75) is 12.8 Å². The fraction of sp³-hybridized carbons (Fsp3) is 0.261. The number of hydrogen-bond donors (Lipinski definition) is 2. The van der Waals surface area contributed by atoms with E-state index < -0.39 is 11.8 Å². The molecule has 3 rings (SSSR count). The van der Waals surface area contributed by atoms with Gasteiger partial charge in [-0.1, -0.05) is 0 Å². The fourth-order valence-electron chi connectivity index (χ4n) is 3.12. The number of hydrogen-bond acceptors (Lipinski definition) is 8. The number of amides is 1. The van der Waals surface area contributed by atoms with Crippen LogP contribution in [0, 0.1) is 5.82 Å². The summed E-state index contributed by atoms with van der Waals surface area (Å²) in [6, 6.07) is 7.34. The topological polar surface area (TPSA) is 98.8 Å². The molecule has 0 fully saturated rings. The first-order valence-electron chi connectivity index (χ1n) is 10.0. The van der Waals surface area contributed by atoms with Gasteiger partial charge in [-0.2, -0.15) is 0 Å². The Balaban J connectivity index is 1.90. The summed E-state index contributed by atoms with van der Waals surface area (Å²) in [6.07, 6.45) is 2.37. The molecule has 2 N–H and O–H groups in total. The Bertz CT molecular complexity index is 1120. The third-order valence-electron chi connectivity index (χ3n) is 4.73. The number of halogens is 1. The van der Waals surface area contributed by atoms with Crippen molar-refractivity contribution in [1.29, 1.82) is 0 Å². The van der Waals surface area contributed by atoms with Crippen molar-refractivity contribution in [3.8, 4) is 17.2 Å². The van der Waals surface area contributed by atoms with Crippen molar-refractivity contribution in [2.75, 3.05) is 33.1 Å². The number of nitrogens with zero attached hydrogens (tertiary/aromatic N) is 1. The van der Waals surface area contributed by atoms with Crippen molar-refractivity contribution in [3.05, 3.63) is 64.4 Å². The number of anilines is 1. The minimum atomic E-state index is -0.779. The van der Waals surface area contributed by atoms with Gasteiger partial charge in [-0.25, -0.2) is 14.2 Å². The van der Waals surface area contributed by atoms with Crippen LogP contribution in [-0.4, -0.2) is 44.7 Å². The number of ether oxygens (including phenoxy) is 3. The second-order valence-corrected chi connectivity index (χ2v) is 7.82. The smallest absolute Gasteiger partial charge is 0.340 e. The molecule has 8 nitrogen and oxygen atoms in total. The third kappa shape index (κ3) is 6.27. The Kier molecular flexibility index (Phi) is 8.34. The number of carbonyl (C=O) groups excluding carboxylic acids is 2. The summed E-state index contributed by atoms with van der Waals surface area (Å²) in [5.74, 6) is -0.860. The summed E-state index contributed by atoms with van der Waals surface area (Å²) < 4.78 is 30.2. The minimum Gasteiger partial charge on any atom is -0.493 e. The van der Waals surface area contributed by atoms with E-state index in [4.69, 9.17) is 9.47 Å². The van der Waals surface area contributed by atoms with Gasteiger partial charge in [0.1, 0.15) is 11.6 Å². The Hall–Kier alpha value is -3.50. The van der Waals surface area contributed by atoms with Crippen LogP contribution < -0.4 is 20.1 Å². The largest absolute Gasteiger partial charge is 0.493 e. The van der Waals surface area contributed by atoms with Gasteiger partial charge in [0.05, 0.1) is 26.2 Å². The third-order valence-corrected chi connectivity index (χ3v) is 5.42. The highest BCUT2D eigenvalue weighted by Crippen LogP contribution is 2.35. The summed E-state index contributed by atoms with van der Waals surface area (Å²) in [5, 5.41) is 8.15. The molecule has 10 heteroatoms. The Morgan fingerprint density at radius 2 is 1.91 bits per heavy atom. The molecule has 3 aromatic rings. The molecule has 1 amide bonds. The summed E-state index contributed by atoms with van der Waals surface area (Å²) in [5.41, 5.74) is 1.45. The predicted molar refractivity (Wildman–Crippen MR) is 123 cm³/mol. The lowest BCUT2D eigenvalue weighted by atomic mass is 10.00. The normalized spacial score (nSPS) is 10.5. The fourth-order valence-corrected chi connectivity index (χ4v) is 3.67. The highest BCUT2D eigenvalue weighted by atomic mass is 32.1.